The first-order valence-electron chi connectivity index (χ1n) is 8.78. The Balaban J connectivity index is 1.57. The Hall–Kier alpha value is -1.46. The smallest absolute Gasteiger partial charge is 0.142 e. The van der Waals surface area contributed by atoms with Gasteiger partial charge in [-0.1, -0.05) is 52.1 Å². The second-order valence-corrected chi connectivity index (χ2v) is 8.03. The Bertz CT molecular complexity index is 863. The molecular weight excluding hydrogens is 409 g/mol. The third kappa shape index (κ3) is 3.90. The number of aliphatic hydroxyl groups is 1. The molecule has 4 rings (SSSR count). The van der Waals surface area contributed by atoms with Crippen LogP contribution in [0.4, 0.5) is 0 Å². The lowest BCUT2D eigenvalue weighted by Gasteiger charge is -2.20. The van der Waals surface area contributed by atoms with Crippen LogP contribution in [0.25, 0.3) is 0 Å². The highest BCUT2D eigenvalue weighted by Crippen LogP contribution is 2.43. The fraction of sp³-hybridized carbons (Fsp3) is 0.350. The van der Waals surface area contributed by atoms with Crippen LogP contribution in [-0.4, -0.2) is 23.5 Å². The number of rotatable bonds is 6. The number of oxime groups is 1. The van der Waals surface area contributed by atoms with Gasteiger partial charge in [-0.05, 0) is 48.6 Å². The second-order valence-electron chi connectivity index (χ2n) is 6.81. The van der Waals surface area contributed by atoms with Crippen LogP contribution in [0.15, 0.2) is 41.6 Å². The van der Waals surface area contributed by atoms with E-state index in [1.54, 1.807) is 36.4 Å². The first kappa shape index (κ1) is 18.9. The van der Waals surface area contributed by atoms with Gasteiger partial charge in [0, 0.05) is 10.6 Å². The van der Waals surface area contributed by atoms with Crippen LogP contribution in [0.5, 0.6) is 5.75 Å². The topological polar surface area (TPSA) is 51.0 Å². The number of hydrogen-bond donors (Lipinski definition) is 1. The Morgan fingerprint density at radius 3 is 2.44 bits per heavy atom. The van der Waals surface area contributed by atoms with Gasteiger partial charge in [0.2, 0.25) is 0 Å². The molecule has 2 aliphatic rings. The van der Waals surface area contributed by atoms with Crippen molar-refractivity contribution in [3.8, 4) is 5.75 Å². The minimum atomic E-state index is -0.110. The van der Waals surface area contributed by atoms with Crippen LogP contribution in [0, 0.1) is 11.8 Å². The summed E-state index contributed by atoms with van der Waals surface area (Å²) in [7, 11) is 0. The molecule has 4 nitrogen and oxygen atoms in total. The number of aliphatic hydroxyl groups excluding tert-OH is 1. The predicted octanol–water partition coefficient (Wildman–Crippen LogP) is 5.35. The van der Waals surface area contributed by atoms with E-state index in [1.165, 1.54) is 0 Å². The maximum absolute atomic E-state index is 9.24. The molecule has 0 bridgehead atoms. The largest absolute Gasteiger partial charge is 0.493 e. The summed E-state index contributed by atoms with van der Waals surface area (Å²) in [4.78, 5) is 5.75. The molecule has 1 aliphatic carbocycles. The molecule has 7 heteroatoms. The molecule has 142 valence electrons. The molecule has 1 heterocycles. The molecule has 1 fully saturated rings. The number of hydrogen-bond acceptors (Lipinski definition) is 4. The van der Waals surface area contributed by atoms with Crippen molar-refractivity contribution >= 4 is 40.5 Å². The Morgan fingerprint density at radius 1 is 1.07 bits per heavy atom. The van der Waals surface area contributed by atoms with E-state index in [0.29, 0.717) is 44.5 Å². The van der Waals surface area contributed by atoms with Crippen molar-refractivity contribution in [1.29, 1.82) is 0 Å². The monoisotopic (exact) mass is 425 g/mol. The van der Waals surface area contributed by atoms with E-state index < -0.39 is 0 Å². The van der Waals surface area contributed by atoms with Crippen molar-refractivity contribution in [2.45, 2.75) is 25.6 Å². The molecule has 2 unspecified atom stereocenters. The number of benzene rings is 2. The Labute approximate surface area is 172 Å². The van der Waals surface area contributed by atoms with Gasteiger partial charge in [0.25, 0.3) is 0 Å². The van der Waals surface area contributed by atoms with Gasteiger partial charge in [0.15, 0.2) is 0 Å². The minimum Gasteiger partial charge on any atom is -0.493 e. The SMILES string of the molecule is OCc1ccc(OCC2C(c3c(Cl)cccc3Cl)=NOC2C2CC2)cc1Cl. The lowest BCUT2D eigenvalue weighted by atomic mass is 9.90. The van der Waals surface area contributed by atoms with Crippen molar-refractivity contribution in [2.24, 2.45) is 17.0 Å². The van der Waals surface area contributed by atoms with E-state index in [-0.39, 0.29) is 18.6 Å². The molecule has 0 saturated heterocycles. The summed E-state index contributed by atoms with van der Waals surface area (Å²) in [5, 5.41) is 15.1. The molecule has 0 spiro atoms. The lowest BCUT2D eigenvalue weighted by Crippen LogP contribution is -2.31. The van der Waals surface area contributed by atoms with Gasteiger partial charge in [-0.15, -0.1) is 0 Å². The molecule has 1 aliphatic heterocycles. The van der Waals surface area contributed by atoms with Gasteiger partial charge < -0.3 is 14.7 Å². The number of halogens is 3. The molecule has 0 aromatic heterocycles. The molecule has 0 radical (unpaired) electrons. The average Bonchev–Trinajstić information content (AvgIpc) is 3.41. The molecular formula is C20H18Cl3NO3. The van der Waals surface area contributed by atoms with Crippen molar-refractivity contribution in [3.63, 3.8) is 0 Å². The summed E-state index contributed by atoms with van der Waals surface area (Å²) in [6, 6.07) is 10.6. The van der Waals surface area contributed by atoms with E-state index in [2.05, 4.69) is 5.16 Å². The van der Waals surface area contributed by atoms with Crippen molar-refractivity contribution < 1.29 is 14.7 Å². The molecule has 1 N–H and O–H groups in total. The van der Waals surface area contributed by atoms with Gasteiger partial charge in [-0.2, -0.15) is 0 Å². The van der Waals surface area contributed by atoms with Crippen LogP contribution in [0.1, 0.15) is 24.0 Å². The standard InChI is InChI=1S/C20H18Cl3NO3/c21-15-2-1-3-16(22)18(15)19-14(20(27-24-19)11-4-5-11)10-26-13-7-6-12(9-25)17(23)8-13/h1-3,6-8,11,14,20,25H,4-5,9-10H2. The van der Waals surface area contributed by atoms with E-state index in [0.717, 1.165) is 18.6 Å². The molecule has 27 heavy (non-hydrogen) atoms. The van der Waals surface area contributed by atoms with Crippen LogP contribution in [-0.2, 0) is 11.4 Å². The van der Waals surface area contributed by atoms with E-state index in [4.69, 9.17) is 44.4 Å². The van der Waals surface area contributed by atoms with Gasteiger partial charge >= 0.3 is 0 Å². The lowest BCUT2D eigenvalue weighted by molar-refractivity contribution is 0.0340. The van der Waals surface area contributed by atoms with Crippen LogP contribution < -0.4 is 4.74 Å². The van der Waals surface area contributed by atoms with Crippen LogP contribution in [0.3, 0.4) is 0 Å². The zero-order valence-corrected chi connectivity index (χ0v) is 16.6. The molecule has 2 aromatic carbocycles. The van der Waals surface area contributed by atoms with E-state index in [1.807, 2.05) is 0 Å². The fourth-order valence-corrected chi connectivity index (χ4v) is 4.15. The quantitative estimate of drug-likeness (QED) is 0.677. The summed E-state index contributed by atoms with van der Waals surface area (Å²) < 4.78 is 6.00. The van der Waals surface area contributed by atoms with Gasteiger partial charge in [-0.25, -0.2) is 0 Å². The van der Waals surface area contributed by atoms with Crippen LogP contribution >= 0.6 is 34.8 Å². The summed E-state index contributed by atoms with van der Waals surface area (Å²) >= 11 is 18.9. The van der Waals surface area contributed by atoms with Crippen molar-refractivity contribution in [1.82, 2.24) is 0 Å². The number of nitrogens with zero attached hydrogens (tertiary/aromatic N) is 1. The Kier molecular flexibility index (Phi) is 5.51. The van der Waals surface area contributed by atoms with Gasteiger partial charge in [0.1, 0.15) is 24.2 Å². The third-order valence-electron chi connectivity index (χ3n) is 4.95. The highest BCUT2D eigenvalue weighted by Gasteiger charge is 2.46. The summed E-state index contributed by atoms with van der Waals surface area (Å²) in [5.41, 5.74) is 2.08. The van der Waals surface area contributed by atoms with Crippen molar-refractivity contribution in [3.05, 3.63) is 62.6 Å². The summed E-state index contributed by atoms with van der Waals surface area (Å²) in [6.07, 6.45) is 2.20. The Morgan fingerprint density at radius 2 is 1.81 bits per heavy atom. The molecule has 0 amide bonds. The maximum Gasteiger partial charge on any atom is 0.142 e. The molecule has 2 atom stereocenters. The zero-order valence-electron chi connectivity index (χ0n) is 14.4. The number of ether oxygens (including phenoxy) is 1. The third-order valence-corrected chi connectivity index (χ3v) is 5.93. The minimum absolute atomic E-state index is 0.0421. The van der Waals surface area contributed by atoms with E-state index in [9.17, 15) is 5.11 Å². The first-order valence-corrected chi connectivity index (χ1v) is 9.92. The molecule has 2 aromatic rings. The first-order chi connectivity index (χ1) is 13.1. The highest BCUT2D eigenvalue weighted by molar-refractivity contribution is 6.40. The zero-order chi connectivity index (χ0) is 19.0. The normalized spacial score (nSPS) is 21.7. The van der Waals surface area contributed by atoms with Gasteiger partial charge in [0.05, 0.1) is 22.6 Å². The summed E-state index contributed by atoms with van der Waals surface area (Å²) in [5.74, 6) is 1.02. The second kappa shape index (κ2) is 7.88. The van der Waals surface area contributed by atoms with Crippen LogP contribution in [0.2, 0.25) is 15.1 Å². The van der Waals surface area contributed by atoms with E-state index >= 15 is 0 Å². The molecule has 1 saturated carbocycles. The van der Waals surface area contributed by atoms with Crippen molar-refractivity contribution in [2.75, 3.05) is 6.61 Å². The highest BCUT2D eigenvalue weighted by atomic mass is 35.5. The summed E-state index contributed by atoms with van der Waals surface area (Å²) in [6.45, 7) is 0.261. The fourth-order valence-electron chi connectivity index (χ4n) is 3.33. The maximum atomic E-state index is 9.24. The predicted molar refractivity (Wildman–Crippen MR) is 107 cm³/mol. The van der Waals surface area contributed by atoms with Gasteiger partial charge in [-0.3, -0.25) is 0 Å². The average molecular weight is 427 g/mol.